The molecule has 1 rings (SSSR count). The van der Waals surface area contributed by atoms with Gasteiger partial charge in [0.2, 0.25) is 0 Å². The zero-order chi connectivity index (χ0) is 13.2. The van der Waals surface area contributed by atoms with Crippen molar-refractivity contribution in [3.63, 3.8) is 0 Å². The van der Waals surface area contributed by atoms with Crippen molar-refractivity contribution in [2.45, 2.75) is 12.2 Å². The van der Waals surface area contributed by atoms with Gasteiger partial charge in [0.25, 0.3) is 0 Å². The van der Waals surface area contributed by atoms with Crippen molar-refractivity contribution in [1.82, 2.24) is 0 Å². The Morgan fingerprint density at radius 1 is 1.29 bits per heavy atom. The lowest BCUT2D eigenvalue weighted by atomic mass is 10.0. The number of carboxylic acid groups (broad SMARTS) is 1. The summed E-state index contributed by atoms with van der Waals surface area (Å²) in [6, 6.07) is 1.34. The number of carbonyl (C=O) groups is 1. The summed E-state index contributed by atoms with van der Waals surface area (Å²) in [6.45, 7) is 0. The summed E-state index contributed by atoms with van der Waals surface area (Å²) < 4.78 is 26.5. The Hall–Kier alpha value is -1.18. The highest BCUT2D eigenvalue weighted by Crippen LogP contribution is 2.23. The van der Waals surface area contributed by atoms with Crippen molar-refractivity contribution in [3.8, 4) is 0 Å². The molecule has 0 amide bonds. The van der Waals surface area contributed by atoms with Crippen molar-refractivity contribution >= 4 is 18.6 Å². The van der Waals surface area contributed by atoms with E-state index in [0.29, 0.717) is 12.1 Å². The molecule has 0 aliphatic carbocycles. The van der Waals surface area contributed by atoms with Crippen LogP contribution in [0.4, 0.5) is 8.78 Å². The lowest BCUT2D eigenvalue weighted by molar-refractivity contribution is 0.0333. The van der Waals surface area contributed by atoms with E-state index in [-0.39, 0.29) is 11.3 Å². The molecule has 0 saturated carbocycles. The van der Waals surface area contributed by atoms with E-state index in [2.05, 4.69) is 12.6 Å². The molecule has 0 aliphatic heterocycles. The van der Waals surface area contributed by atoms with E-state index >= 15 is 0 Å². The van der Waals surface area contributed by atoms with Gasteiger partial charge in [-0.2, -0.15) is 12.6 Å². The van der Waals surface area contributed by atoms with Gasteiger partial charge in [0.1, 0.15) is 23.3 Å². The minimum absolute atomic E-state index is 0.106. The van der Waals surface area contributed by atoms with Crippen LogP contribution < -0.4 is 0 Å². The van der Waals surface area contributed by atoms with Gasteiger partial charge in [0.05, 0.1) is 6.10 Å². The molecule has 3 N–H and O–H groups in total. The molecule has 1 aromatic carbocycles. The Labute approximate surface area is 101 Å². The van der Waals surface area contributed by atoms with Gasteiger partial charge in [0, 0.05) is 5.75 Å². The lowest BCUT2D eigenvalue weighted by Gasteiger charge is -2.16. The first-order chi connectivity index (χ1) is 7.88. The second-order valence-corrected chi connectivity index (χ2v) is 3.72. The fraction of sp³-hybridized carbons (Fsp3) is 0.300. The monoisotopic (exact) mass is 264 g/mol. The molecule has 0 fully saturated rings. The molecular weight excluding hydrogens is 254 g/mol. The number of rotatable bonds is 4. The molecule has 2 unspecified atom stereocenters. The van der Waals surface area contributed by atoms with Gasteiger partial charge in [-0.1, -0.05) is 0 Å². The molecule has 4 nitrogen and oxygen atoms in total. The number of thiol groups is 1. The number of aliphatic hydroxyl groups excluding tert-OH is 2. The molecule has 1 aromatic rings. The minimum atomic E-state index is -1.74. The van der Waals surface area contributed by atoms with Crippen molar-refractivity contribution in [2.24, 2.45) is 0 Å². The van der Waals surface area contributed by atoms with Gasteiger partial charge in [-0.3, -0.25) is 0 Å². The van der Waals surface area contributed by atoms with Gasteiger partial charge in [-0.15, -0.1) is 0 Å². The molecule has 0 radical (unpaired) electrons. The third kappa shape index (κ3) is 2.93. The Morgan fingerprint density at radius 2 is 1.76 bits per heavy atom. The highest BCUT2D eigenvalue weighted by atomic mass is 32.1. The standard InChI is InChI=1S/C10H10F2O4S/c11-5-1-4(9(14)7(13)3-17)2-6(12)8(5)10(15)16/h1-2,7,9,13-14,17H,3H2,(H,15,16). The minimum Gasteiger partial charge on any atom is -0.477 e. The maximum Gasteiger partial charge on any atom is 0.341 e. The highest BCUT2D eigenvalue weighted by molar-refractivity contribution is 7.80. The smallest absolute Gasteiger partial charge is 0.341 e. The number of benzene rings is 1. The average Bonchev–Trinajstić information content (AvgIpc) is 2.25. The van der Waals surface area contributed by atoms with E-state index in [1.54, 1.807) is 0 Å². The lowest BCUT2D eigenvalue weighted by Crippen LogP contribution is -2.20. The Balaban J connectivity index is 3.19. The number of hydrogen-bond donors (Lipinski definition) is 4. The van der Waals surface area contributed by atoms with E-state index < -0.39 is 35.4 Å². The maximum absolute atomic E-state index is 13.3. The second kappa shape index (κ2) is 5.44. The van der Waals surface area contributed by atoms with Gasteiger partial charge < -0.3 is 15.3 Å². The topological polar surface area (TPSA) is 77.8 Å². The molecule has 0 spiro atoms. The van der Waals surface area contributed by atoms with E-state index in [0.717, 1.165) is 0 Å². The van der Waals surface area contributed by atoms with Crippen LogP contribution in [-0.2, 0) is 0 Å². The number of carboxylic acids is 1. The Kier molecular flexibility index (Phi) is 4.44. The zero-order valence-corrected chi connectivity index (χ0v) is 9.36. The summed E-state index contributed by atoms with van der Waals surface area (Å²) >= 11 is 3.72. The van der Waals surface area contributed by atoms with Crippen LogP contribution in [0, 0.1) is 11.6 Å². The number of hydrogen-bond acceptors (Lipinski definition) is 4. The second-order valence-electron chi connectivity index (χ2n) is 3.36. The third-order valence-corrected chi connectivity index (χ3v) is 2.55. The molecule has 0 aliphatic rings. The predicted molar refractivity (Wildman–Crippen MR) is 58.1 cm³/mol. The van der Waals surface area contributed by atoms with Crippen LogP contribution in [0.1, 0.15) is 22.0 Å². The van der Waals surface area contributed by atoms with Crippen molar-refractivity contribution in [3.05, 3.63) is 34.9 Å². The van der Waals surface area contributed by atoms with Crippen LogP contribution in [0.2, 0.25) is 0 Å². The third-order valence-electron chi connectivity index (χ3n) is 2.17. The van der Waals surface area contributed by atoms with Gasteiger partial charge in [-0.25, -0.2) is 13.6 Å². The molecule has 0 aromatic heterocycles. The largest absolute Gasteiger partial charge is 0.477 e. The van der Waals surface area contributed by atoms with Gasteiger partial charge in [-0.05, 0) is 17.7 Å². The first-order valence-corrected chi connectivity index (χ1v) is 5.21. The maximum atomic E-state index is 13.3. The molecule has 0 heterocycles. The van der Waals surface area contributed by atoms with Crippen LogP contribution in [0.25, 0.3) is 0 Å². The van der Waals surface area contributed by atoms with Crippen LogP contribution in [-0.4, -0.2) is 33.1 Å². The van der Waals surface area contributed by atoms with Crippen LogP contribution in [0.15, 0.2) is 12.1 Å². The zero-order valence-electron chi connectivity index (χ0n) is 8.47. The Bertz CT molecular complexity index is 415. The number of halogens is 2. The molecule has 17 heavy (non-hydrogen) atoms. The van der Waals surface area contributed by atoms with Crippen LogP contribution >= 0.6 is 12.6 Å². The predicted octanol–water partition coefficient (Wildman–Crippen LogP) is 0.987. The number of aromatic carboxylic acids is 1. The van der Waals surface area contributed by atoms with E-state index in [1.807, 2.05) is 0 Å². The van der Waals surface area contributed by atoms with Crippen molar-refractivity contribution in [1.29, 1.82) is 0 Å². The average molecular weight is 264 g/mol. The van der Waals surface area contributed by atoms with Gasteiger partial charge in [0.15, 0.2) is 0 Å². The molecular formula is C10H10F2O4S. The molecule has 7 heteroatoms. The molecule has 0 saturated heterocycles. The normalized spacial score (nSPS) is 14.4. The fourth-order valence-corrected chi connectivity index (χ4v) is 1.49. The van der Waals surface area contributed by atoms with Gasteiger partial charge >= 0.3 is 5.97 Å². The Morgan fingerprint density at radius 3 is 2.12 bits per heavy atom. The summed E-state index contributed by atoms with van der Waals surface area (Å²) in [5, 5.41) is 27.3. The molecule has 2 atom stereocenters. The number of aliphatic hydroxyl groups is 2. The quantitative estimate of drug-likeness (QED) is 0.612. The van der Waals surface area contributed by atoms with Crippen LogP contribution in [0.5, 0.6) is 0 Å². The first kappa shape index (κ1) is 13.9. The summed E-state index contributed by atoms with van der Waals surface area (Å²) in [5.74, 6) is -4.46. The summed E-state index contributed by atoms with van der Waals surface area (Å²) in [7, 11) is 0. The van der Waals surface area contributed by atoms with E-state index in [9.17, 15) is 23.8 Å². The van der Waals surface area contributed by atoms with Crippen molar-refractivity contribution < 1.29 is 28.9 Å². The van der Waals surface area contributed by atoms with E-state index in [4.69, 9.17) is 5.11 Å². The van der Waals surface area contributed by atoms with Crippen LogP contribution in [0.3, 0.4) is 0 Å². The summed E-state index contributed by atoms with van der Waals surface area (Å²) in [4.78, 5) is 10.5. The fourth-order valence-electron chi connectivity index (χ4n) is 1.29. The highest BCUT2D eigenvalue weighted by Gasteiger charge is 2.23. The summed E-state index contributed by atoms with van der Waals surface area (Å²) in [5.41, 5.74) is -1.34. The van der Waals surface area contributed by atoms with E-state index in [1.165, 1.54) is 0 Å². The summed E-state index contributed by atoms with van der Waals surface area (Å²) in [6.07, 6.45) is -2.83. The van der Waals surface area contributed by atoms with Crippen molar-refractivity contribution in [2.75, 3.05) is 5.75 Å². The SMILES string of the molecule is O=C(O)c1c(F)cc(C(O)C(O)CS)cc1F. The molecule has 0 bridgehead atoms. The molecule has 94 valence electrons. The first-order valence-electron chi connectivity index (χ1n) is 4.57.